The Kier molecular flexibility index (Phi) is 7.14. The number of morpholine rings is 1. The maximum Gasteiger partial charge on any atom is 0.214 e. The molecule has 1 rings (SSSR count). The van der Waals surface area contributed by atoms with Crippen LogP contribution in [0, 0.1) is 0 Å². The molecule has 1 fully saturated rings. The molecule has 1 aliphatic heterocycles. The summed E-state index contributed by atoms with van der Waals surface area (Å²) >= 11 is 0. The van der Waals surface area contributed by atoms with Crippen LogP contribution < -0.4 is 5.32 Å². The number of hydrogen-bond acceptors (Lipinski definition) is 4. The van der Waals surface area contributed by atoms with Crippen molar-refractivity contribution < 1.29 is 13.2 Å². The lowest BCUT2D eigenvalue weighted by molar-refractivity contribution is 0.0314. The van der Waals surface area contributed by atoms with Crippen LogP contribution in [0.1, 0.15) is 33.1 Å². The lowest BCUT2D eigenvalue weighted by atomic mass is 10.2. The monoisotopic (exact) mass is 278 g/mol. The minimum Gasteiger partial charge on any atom is -0.378 e. The van der Waals surface area contributed by atoms with Gasteiger partial charge in [0.2, 0.25) is 10.0 Å². The molecule has 0 aromatic carbocycles. The normalized spacial score (nSPS) is 22.2. The van der Waals surface area contributed by atoms with E-state index in [0.29, 0.717) is 26.2 Å². The van der Waals surface area contributed by atoms with Gasteiger partial charge in [-0.3, -0.25) is 0 Å². The summed E-state index contributed by atoms with van der Waals surface area (Å²) in [5, 5.41) is 3.23. The summed E-state index contributed by atoms with van der Waals surface area (Å²) in [4.78, 5) is 0. The van der Waals surface area contributed by atoms with Crippen LogP contribution in [0.15, 0.2) is 0 Å². The third-order valence-corrected chi connectivity index (χ3v) is 5.18. The van der Waals surface area contributed by atoms with Crippen molar-refractivity contribution in [2.75, 3.05) is 38.6 Å². The predicted molar refractivity (Wildman–Crippen MR) is 73.2 cm³/mol. The molecule has 1 heterocycles. The molecule has 0 aromatic heterocycles. The number of nitrogens with one attached hydrogen (secondary N) is 1. The van der Waals surface area contributed by atoms with E-state index < -0.39 is 10.0 Å². The van der Waals surface area contributed by atoms with E-state index in [-0.39, 0.29) is 11.8 Å². The lowest BCUT2D eigenvalue weighted by Gasteiger charge is -2.34. The van der Waals surface area contributed by atoms with Gasteiger partial charge in [-0.05, 0) is 32.4 Å². The molecule has 1 saturated heterocycles. The summed E-state index contributed by atoms with van der Waals surface area (Å²) < 4.78 is 31.4. The topological polar surface area (TPSA) is 58.6 Å². The minimum absolute atomic E-state index is 0.0207. The van der Waals surface area contributed by atoms with Crippen molar-refractivity contribution in [2.45, 2.75) is 39.2 Å². The van der Waals surface area contributed by atoms with Crippen LogP contribution >= 0.6 is 0 Å². The molecule has 0 radical (unpaired) electrons. The van der Waals surface area contributed by atoms with Crippen LogP contribution in [0.5, 0.6) is 0 Å². The first-order valence-corrected chi connectivity index (χ1v) is 8.50. The number of ether oxygens (including phenoxy) is 1. The summed E-state index contributed by atoms with van der Waals surface area (Å²) in [6.07, 6.45) is 2.57. The van der Waals surface area contributed by atoms with Crippen molar-refractivity contribution in [3.8, 4) is 0 Å². The fraction of sp³-hybridized carbons (Fsp3) is 1.00. The first-order chi connectivity index (χ1) is 8.61. The van der Waals surface area contributed by atoms with E-state index in [4.69, 9.17) is 4.74 Å². The van der Waals surface area contributed by atoms with Crippen molar-refractivity contribution in [2.24, 2.45) is 0 Å². The van der Waals surface area contributed by atoms with Gasteiger partial charge >= 0.3 is 0 Å². The van der Waals surface area contributed by atoms with Gasteiger partial charge in [0, 0.05) is 12.6 Å². The van der Waals surface area contributed by atoms with E-state index in [9.17, 15) is 8.42 Å². The van der Waals surface area contributed by atoms with Gasteiger partial charge in [0.15, 0.2) is 0 Å². The van der Waals surface area contributed by atoms with Gasteiger partial charge in [-0.25, -0.2) is 8.42 Å². The van der Waals surface area contributed by atoms with Gasteiger partial charge in [-0.1, -0.05) is 13.8 Å². The number of sulfonamides is 1. The average Bonchev–Trinajstić information content (AvgIpc) is 2.38. The maximum atomic E-state index is 12.2. The Bertz CT molecular complexity index is 319. The van der Waals surface area contributed by atoms with Crippen molar-refractivity contribution in [3.63, 3.8) is 0 Å². The number of hydrogen-bond donors (Lipinski definition) is 1. The zero-order chi connectivity index (χ0) is 13.4. The van der Waals surface area contributed by atoms with E-state index in [2.05, 4.69) is 12.2 Å². The molecule has 108 valence electrons. The highest BCUT2D eigenvalue weighted by atomic mass is 32.2. The molecule has 1 atom stereocenters. The molecule has 0 saturated carbocycles. The van der Waals surface area contributed by atoms with Crippen LogP contribution in [0.25, 0.3) is 0 Å². The molecule has 0 aliphatic carbocycles. The lowest BCUT2D eigenvalue weighted by Crippen LogP contribution is -2.49. The molecule has 0 amide bonds. The molecule has 18 heavy (non-hydrogen) atoms. The largest absolute Gasteiger partial charge is 0.378 e. The summed E-state index contributed by atoms with van der Waals surface area (Å²) in [6.45, 7) is 7.38. The zero-order valence-corrected chi connectivity index (χ0v) is 12.3. The van der Waals surface area contributed by atoms with E-state index in [0.717, 1.165) is 25.9 Å². The molecule has 5 nitrogen and oxygen atoms in total. The van der Waals surface area contributed by atoms with E-state index >= 15 is 0 Å². The maximum absolute atomic E-state index is 12.2. The average molecular weight is 278 g/mol. The first-order valence-electron chi connectivity index (χ1n) is 6.89. The molecule has 1 N–H and O–H groups in total. The highest BCUT2D eigenvalue weighted by molar-refractivity contribution is 7.89. The van der Waals surface area contributed by atoms with E-state index in [1.807, 2.05) is 6.92 Å². The number of rotatable bonds is 8. The second-order valence-corrected chi connectivity index (χ2v) is 6.71. The van der Waals surface area contributed by atoms with Crippen molar-refractivity contribution in [3.05, 3.63) is 0 Å². The van der Waals surface area contributed by atoms with Gasteiger partial charge in [0.05, 0.1) is 19.0 Å². The van der Waals surface area contributed by atoms with Crippen molar-refractivity contribution in [1.82, 2.24) is 9.62 Å². The third-order valence-electron chi connectivity index (χ3n) is 3.18. The van der Waals surface area contributed by atoms with E-state index in [1.165, 1.54) is 0 Å². The molecular formula is C12H26N2O3S. The Balaban J connectivity index is 2.41. The molecule has 0 aromatic rings. The van der Waals surface area contributed by atoms with E-state index in [1.54, 1.807) is 4.31 Å². The number of nitrogens with zero attached hydrogens (tertiary/aromatic N) is 1. The first kappa shape index (κ1) is 15.9. The summed E-state index contributed by atoms with van der Waals surface area (Å²) in [7, 11) is -3.12. The Labute approximate surface area is 111 Å². The molecule has 1 unspecified atom stereocenters. The standard InChI is InChI=1S/C12H26N2O3S/c1-3-6-13-7-5-10-18(15,16)14-8-9-17-11-12(14)4-2/h12-13H,3-11H2,1-2H3. The highest BCUT2D eigenvalue weighted by Crippen LogP contribution is 2.15. The zero-order valence-electron chi connectivity index (χ0n) is 11.5. The smallest absolute Gasteiger partial charge is 0.214 e. The van der Waals surface area contributed by atoms with Gasteiger partial charge in [-0.15, -0.1) is 0 Å². The van der Waals surface area contributed by atoms with Crippen LogP contribution in [0.4, 0.5) is 0 Å². The van der Waals surface area contributed by atoms with Crippen molar-refractivity contribution >= 4 is 10.0 Å². The van der Waals surface area contributed by atoms with Gasteiger partial charge in [-0.2, -0.15) is 4.31 Å². The fourth-order valence-electron chi connectivity index (χ4n) is 2.13. The molecule has 6 heteroatoms. The quantitative estimate of drug-likeness (QED) is 0.668. The summed E-state index contributed by atoms with van der Waals surface area (Å²) in [5.41, 5.74) is 0. The third kappa shape index (κ3) is 4.84. The molecule has 1 aliphatic rings. The Hall–Kier alpha value is -0.170. The second kappa shape index (κ2) is 8.09. The Morgan fingerprint density at radius 2 is 2.11 bits per heavy atom. The van der Waals surface area contributed by atoms with Gasteiger partial charge < -0.3 is 10.1 Å². The van der Waals surface area contributed by atoms with Gasteiger partial charge in [0.25, 0.3) is 0 Å². The highest BCUT2D eigenvalue weighted by Gasteiger charge is 2.31. The summed E-state index contributed by atoms with van der Waals surface area (Å²) in [6, 6.07) is 0.0207. The van der Waals surface area contributed by atoms with Crippen LogP contribution in [0.2, 0.25) is 0 Å². The minimum atomic E-state index is -3.12. The fourth-order valence-corrected chi connectivity index (χ4v) is 3.89. The van der Waals surface area contributed by atoms with Crippen LogP contribution in [-0.4, -0.2) is 57.4 Å². The Morgan fingerprint density at radius 3 is 2.78 bits per heavy atom. The summed E-state index contributed by atoms with van der Waals surface area (Å²) in [5.74, 6) is 0.236. The molecule has 0 spiro atoms. The predicted octanol–water partition coefficient (Wildman–Crippen LogP) is 0.817. The van der Waals surface area contributed by atoms with Crippen molar-refractivity contribution in [1.29, 1.82) is 0 Å². The SMILES string of the molecule is CCCNCCCS(=O)(=O)N1CCOCC1CC. The van der Waals surface area contributed by atoms with Gasteiger partial charge in [0.1, 0.15) is 0 Å². The van der Waals surface area contributed by atoms with Crippen LogP contribution in [-0.2, 0) is 14.8 Å². The van der Waals surface area contributed by atoms with Crippen LogP contribution in [0.3, 0.4) is 0 Å². The molecule has 0 bridgehead atoms. The molecular weight excluding hydrogens is 252 g/mol. The Morgan fingerprint density at radius 1 is 1.33 bits per heavy atom. The second-order valence-electron chi connectivity index (χ2n) is 4.67.